The monoisotopic (exact) mass is 270 g/mol. The van der Waals surface area contributed by atoms with Gasteiger partial charge in [0.15, 0.2) is 0 Å². The van der Waals surface area contributed by atoms with Gasteiger partial charge in [-0.2, -0.15) is 0 Å². The van der Waals surface area contributed by atoms with Crippen LogP contribution in [0.3, 0.4) is 0 Å². The van der Waals surface area contributed by atoms with Crippen LogP contribution in [0.1, 0.15) is 43.0 Å². The third kappa shape index (κ3) is 3.11. The van der Waals surface area contributed by atoms with Gasteiger partial charge >= 0.3 is 0 Å². The Morgan fingerprint density at radius 1 is 1.00 bits per heavy atom. The van der Waals surface area contributed by atoms with E-state index >= 15 is 0 Å². The molecule has 1 heterocycles. The smallest absolute Gasteiger partial charge is 0.125 e. The van der Waals surface area contributed by atoms with E-state index in [1.165, 1.54) is 5.56 Å². The van der Waals surface area contributed by atoms with Gasteiger partial charge in [0.25, 0.3) is 0 Å². The molecule has 0 spiro atoms. The van der Waals surface area contributed by atoms with Gasteiger partial charge in [-0.05, 0) is 43.4 Å². The van der Waals surface area contributed by atoms with Gasteiger partial charge in [-0.25, -0.2) is 0 Å². The fourth-order valence-corrected chi connectivity index (χ4v) is 2.97. The van der Waals surface area contributed by atoms with Crippen LogP contribution in [-0.2, 0) is 0 Å². The standard InChI is InChI=1S/C17H22N2O/c18-14-8-10-15(11-9-14)19-17(16-7-4-12-20-16)13-5-2-1-3-6-13/h1-7,12,14-15,17,19H,8-11,18H2. The second-order valence-corrected chi connectivity index (χ2v) is 5.64. The van der Waals surface area contributed by atoms with Crippen LogP contribution in [0.4, 0.5) is 0 Å². The molecule has 1 atom stereocenters. The normalized spacial score (nSPS) is 24.4. The molecule has 1 saturated carbocycles. The largest absolute Gasteiger partial charge is 0.467 e. The van der Waals surface area contributed by atoms with E-state index in [0.717, 1.165) is 31.4 Å². The summed E-state index contributed by atoms with van der Waals surface area (Å²) in [5.41, 5.74) is 7.23. The van der Waals surface area contributed by atoms with Crippen molar-refractivity contribution < 1.29 is 4.42 Å². The maximum Gasteiger partial charge on any atom is 0.125 e. The lowest BCUT2D eigenvalue weighted by molar-refractivity contribution is 0.313. The molecule has 3 rings (SSSR count). The van der Waals surface area contributed by atoms with E-state index < -0.39 is 0 Å². The van der Waals surface area contributed by atoms with Gasteiger partial charge in [-0.3, -0.25) is 0 Å². The second kappa shape index (κ2) is 6.25. The summed E-state index contributed by atoms with van der Waals surface area (Å²) in [6, 6.07) is 15.5. The van der Waals surface area contributed by atoms with Crippen LogP contribution in [0.5, 0.6) is 0 Å². The molecule has 1 aromatic heterocycles. The van der Waals surface area contributed by atoms with Crippen LogP contribution >= 0.6 is 0 Å². The van der Waals surface area contributed by atoms with Crippen molar-refractivity contribution in [1.82, 2.24) is 5.32 Å². The van der Waals surface area contributed by atoms with Crippen molar-refractivity contribution >= 4 is 0 Å². The molecule has 3 N–H and O–H groups in total. The quantitative estimate of drug-likeness (QED) is 0.896. The number of nitrogens with two attached hydrogens (primary N) is 1. The molecule has 3 nitrogen and oxygen atoms in total. The molecule has 1 aliphatic rings. The molecular weight excluding hydrogens is 248 g/mol. The first-order valence-corrected chi connectivity index (χ1v) is 7.43. The van der Waals surface area contributed by atoms with Crippen LogP contribution in [0.25, 0.3) is 0 Å². The summed E-state index contributed by atoms with van der Waals surface area (Å²) >= 11 is 0. The van der Waals surface area contributed by atoms with Crippen LogP contribution in [-0.4, -0.2) is 12.1 Å². The molecule has 1 fully saturated rings. The molecule has 0 amide bonds. The van der Waals surface area contributed by atoms with Gasteiger partial charge in [0.2, 0.25) is 0 Å². The Bertz CT molecular complexity index is 501. The zero-order valence-corrected chi connectivity index (χ0v) is 11.7. The molecule has 106 valence electrons. The Morgan fingerprint density at radius 3 is 2.40 bits per heavy atom. The average Bonchev–Trinajstić information content (AvgIpc) is 3.01. The second-order valence-electron chi connectivity index (χ2n) is 5.64. The fourth-order valence-electron chi connectivity index (χ4n) is 2.97. The van der Waals surface area contributed by atoms with Crippen LogP contribution in [0.2, 0.25) is 0 Å². The SMILES string of the molecule is NC1CCC(NC(c2ccccc2)c2ccco2)CC1. The van der Waals surface area contributed by atoms with Crippen molar-refractivity contribution in [2.45, 2.75) is 43.8 Å². The number of furan rings is 1. The Morgan fingerprint density at radius 2 is 1.75 bits per heavy atom. The highest BCUT2D eigenvalue weighted by Crippen LogP contribution is 2.26. The predicted octanol–water partition coefficient (Wildman–Crippen LogP) is 3.23. The number of hydrogen-bond donors (Lipinski definition) is 2. The van der Waals surface area contributed by atoms with Gasteiger partial charge in [-0.1, -0.05) is 30.3 Å². The molecule has 1 aliphatic carbocycles. The van der Waals surface area contributed by atoms with E-state index in [2.05, 4.69) is 29.6 Å². The molecule has 0 aliphatic heterocycles. The van der Waals surface area contributed by atoms with E-state index in [4.69, 9.17) is 10.2 Å². The molecule has 2 aromatic rings. The molecule has 20 heavy (non-hydrogen) atoms. The first-order valence-electron chi connectivity index (χ1n) is 7.43. The lowest BCUT2D eigenvalue weighted by Gasteiger charge is -2.30. The maximum absolute atomic E-state index is 5.99. The first kappa shape index (κ1) is 13.4. The Kier molecular flexibility index (Phi) is 4.19. The highest BCUT2D eigenvalue weighted by atomic mass is 16.3. The van der Waals surface area contributed by atoms with E-state index in [-0.39, 0.29) is 6.04 Å². The third-order valence-electron chi connectivity index (χ3n) is 4.13. The van der Waals surface area contributed by atoms with E-state index in [1.807, 2.05) is 18.2 Å². The van der Waals surface area contributed by atoms with Gasteiger partial charge in [0.05, 0.1) is 12.3 Å². The van der Waals surface area contributed by atoms with E-state index in [1.54, 1.807) is 6.26 Å². The summed E-state index contributed by atoms with van der Waals surface area (Å²) in [5, 5.41) is 3.75. The Hall–Kier alpha value is -1.58. The van der Waals surface area contributed by atoms with Crippen molar-refractivity contribution in [3.63, 3.8) is 0 Å². The van der Waals surface area contributed by atoms with Gasteiger partial charge < -0.3 is 15.5 Å². The summed E-state index contributed by atoms with van der Waals surface area (Å²) in [4.78, 5) is 0. The molecule has 0 saturated heterocycles. The van der Waals surface area contributed by atoms with Gasteiger partial charge in [0, 0.05) is 12.1 Å². The highest BCUT2D eigenvalue weighted by molar-refractivity contribution is 5.26. The molecule has 1 aromatic carbocycles. The molecule has 0 radical (unpaired) electrons. The fraction of sp³-hybridized carbons (Fsp3) is 0.412. The van der Waals surface area contributed by atoms with Crippen molar-refractivity contribution in [3.8, 4) is 0 Å². The Labute approximate surface area is 120 Å². The maximum atomic E-state index is 5.99. The lowest BCUT2D eigenvalue weighted by Crippen LogP contribution is -2.39. The lowest BCUT2D eigenvalue weighted by atomic mass is 9.90. The number of nitrogens with one attached hydrogen (secondary N) is 1. The van der Waals surface area contributed by atoms with Crippen LogP contribution < -0.4 is 11.1 Å². The molecule has 1 unspecified atom stereocenters. The predicted molar refractivity (Wildman–Crippen MR) is 80.4 cm³/mol. The third-order valence-corrected chi connectivity index (χ3v) is 4.13. The molecular formula is C17H22N2O. The zero-order valence-electron chi connectivity index (χ0n) is 11.7. The highest BCUT2D eigenvalue weighted by Gasteiger charge is 2.24. The van der Waals surface area contributed by atoms with E-state index in [0.29, 0.717) is 12.1 Å². The summed E-state index contributed by atoms with van der Waals surface area (Å²) in [7, 11) is 0. The first-order chi connectivity index (χ1) is 9.83. The van der Waals surface area contributed by atoms with Crippen molar-refractivity contribution in [2.75, 3.05) is 0 Å². The van der Waals surface area contributed by atoms with Crippen LogP contribution in [0, 0.1) is 0 Å². The summed E-state index contributed by atoms with van der Waals surface area (Å²) in [6.07, 6.45) is 6.24. The minimum Gasteiger partial charge on any atom is -0.467 e. The van der Waals surface area contributed by atoms with Crippen molar-refractivity contribution in [3.05, 3.63) is 60.1 Å². The summed E-state index contributed by atoms with van der Waals surface area (Å²) in [5.74, 6) is 0.978. The van der Waals surface area contributed by atoms with Crippen LogP contribution in [0.15, 0.2) is 53.1 Å². The van der Waals surface area contributed by atoms with Gasteiger partial charge in [-0.15, -0.1) is 0 Å². The molecule has 3 heteroatoms. The van der Waals surface area contributed by atoms with Gasteiger partial charge in [0.1, 0.15) is 5.76 Å². The summed E-state index contributed by atoms with van der Waals surface area (Å²) in [6.45, 7) is 0. The van der Waals surface area contributed by atoms with Crippen molar-refractivity contribution in [1.29, 1.82) is 0 Å². The molecule has 0 bridgehead atoms. The topological polar surface area (TPSA) is 51.2 Å². The van der Waals surface area contributed by atoms with E-state index in [9.17, 15) is 0 Å². The summed E-state index contributed by atoms with van der Waals surface area (Å²) < 4.78 is 5.63. The number of benzene rings is 1. The minimum atomic E-state index is 0.130. The average molecular weight is 270 g/mol. The Balaban J connectivity index is 1.77. The number of rotatable bonds is 4. The van der Waals surface area contributed by atoms with Crippen molar-refractivity contribution in [2.24, 2.45) is 5.73 Å². The minimum absolute atomic E-state index is 0.130. The zero-order chi connectivity index (χ0) is 13.8. The number of hydrogen-bond acceptors (Lipinski definition) is 3.